The number of carbonyl (C=O) groups is 1. The van der Waals surface area contributed by atoms with Crippen molar-refractivity contribution in [3.8, 4) is 0 Å². The third kappa shape index (κ3) is 4.27. The molecular weight excluding hydrogens is 344 g/mol. The maximum Gasteiger partial charge on any atom is 0.274 e. The van der Waals surface area contributed by atoms with E-state index in [1.807, 2.05) is 32.0 Å². The number of nitrogens with one attached hydrogen (secondary N) is 2. The van der Waals surface area contributed by atoms with Gasteiger partial charge in [-0.25, -0.2) is 9.97 Å². The summed E-state index contributed by atoms with van der Waals surface area (Å²) in [7, 11) is 0. The first-order chi connectivity index (χ1) is 10.5. The van der Waals surface area contributed by atoms with Crippen LogP contribution in [0.5, 0.6) is 0 Å². The lowest BCUT2D eigenvalue weighted by molar-refractivity contribution is 0.102. The summed E-state index contributed by atoms with van der Waals surface area (Å²) in [5.74, 6) is 0.213. The molecule has 6 heteroatoms. The van der Waals surface area contributed by atoms with E-state index in [1.54, 1.807) is 12.3 Å². The van der Waals surface area contributed by atoms with Crippen molar-refractivity contribution < 1.29 is 4.79 Å². The van der Waals surface area contributed by atoms with E-state index in [0.29, 0.717) is 11.6 Å². The van der Waals surface area contributed by atoms with Gasteiger partial charge in [-0.05, 0) is 50.1 Å². The Bertz CT molecular complexity index is 675. The van der Waals surface area contributed by atoms with Crippen molar-refractivity contribution in [2.45, 2.75) is 33.2 Å². The molecule has 1 heterocycles. The molecule has 2 rings (SSSR count). The molecule has 0 radical (unpaired) electrons. The average molecular weight is 363 g/mol. The van der Waals surface area contributed by atoms with E-state index in [4.69, 9.17) is 0 Å². The highest BCUT2D eigenvalue weighted by Gasteiger charge is 2.10. The highest BCUT2D eigenvalue weighted by atomic mass is 79.9. The minimum Gasteiger partial charge on any atom is -0.352 e. The normalized spacial score (nSPS) is 11.8. The lowest BCUT2D eigenvalue weighted by Gasteiger charge is -2.12. The molecule has 1 aromatic carbocycles. The maximum absolute atomic E-state index is 12.3. The number of hydrogen-bond donors (Lipinski definition) is 2. The highest BCUT2D eigenvalue weighted by Crippen LogP contribution is 2.20. The van der Waals surface area contributed by atoms with Crippen molar-refractivity contribution in [1.82, 2.24) is 9.97 Å². The number of amides is 1. The molecule has 0 aliphatic rings. The first-order valence-corrected chi connectivity index (χ1v) is 7.96. The van der Waals surface area contributed by atoms with Gasteiger partial charge in [0.05, 0.1) is 0 Å². The van der Waals surface area contributed by atoms with E-state index in [1.165, 1.54) is 0 Å². The Balaban J connectivity index is 2.12. The third-order valence-electron chi connectivity index (χ3n) is 3.29. The van der Waals surface area contributed by atoms with Crippen LogP contribution in [0.3, 0.4) is 0 Å². The molecule has 2 N–H and O–H groups in total. The summed E-state index contributed by atoms with van der Waals surface area (Å²) in [4.78, 5) is 20.7. The fourth-order valence-electron chi connectivity index (χ4n) is 1.79. The van der Waals surface area contributed by atoms with Crippen LogP contribution in [0.2, 0.25) is 0 Å². The van der Waals surface area contributed by atoms with Gasteiger partial charge in [-0.15, -0.1) is 0 Å². The lowest BCUT2D eigenvalue weighted by Crippen LogP contribution is -2.19. The number of aryl methyl sites for hydroxylation is 1. The van der Waals surface area contributed by atoms with Crippen molar-refractivity contribution >= 4 is 33.5 Å². The van der Waals surface area contributed by atoms with Crippen LogP contribution in [0.4, 0.5) is 11.6 Å². The molecule has 1 aromatic heterocycles. The van der Waals surface area contributed by atoms with Gasteiger partial charge in [0.1, 0.15) is 5.69 Å². The van der Waals surface area contributed by atoms with Gasteiger partial charge in [0.2, 0.25) is 5.95 Å². The molecule has 1 unspecified atom stereocenters. The molecule has 1 amide bonds. The van der Waals surface area contributed by atoms with Gasteiger partial charge in [0.25, 0.3) is 5.91 Å². The summed E-state index contributed by atoms with van der Waals surface area (Å²) in [6.45, 7) is 6.09. The maximum atomic E-state index is 12.3. The monoisotopic (exact) mass is 362 g/mol. The van der Waals surface area contributed by atoms with Crippen LogP contribution < -0.4 is 10.6 Å². The largest absolute Gasteiger partial charge is 0.352 e. The number of nitrogens with zero attached hydrogens (tertiary/aromatic N) is 2. The Morgan fingerprint density at radius 3 is 2.82 bits per heavy atom. The molecule has 0 spiro atoms. The van der Waals surface area contributed by atoms with Crippen LogP contribution in [-0.2, 0) is 0 Å². The van der Waals surface area contributed by atoms with Crippen LogP contribution in [-0.4, -0.2) is 21.9 Å². The van der Waals surface area contributed by atoms with Crippen molar-refractivity contribution in [3.63, 3.8) is 0 Å². The van der Waals surface area contributed by atoms with E-state index >= 15 is 0 Å². The average Bonchev–Trinajstić information content (AvgIpc) is 2.51. The minimum absolute atomic E-state index is 0.253. The summed E-state index contributed by atoms with van der Waals surface area (Å²) in [5, 5.41) is 6.00. The van der Waals surface area contributed by atoms with Crippen LogP contribution in [0.1, 0.15) is 36.3 Å². The van der Waals surface area contributed by atoms with Crippen molar-refractivity contribution in [1.29, 1.82) is 0 Å². The Labute approximate surface area is 138 Å². The zero-order valence-electron chi connectivity index (χ0n) is 12.9. The molecule has 0 fully saturated rings. The Hall–Kier alpha value is -1.95. The molecule has 116 valence electrons. The number of aromatic nitrogens is 2. The number of carbonyl (C=O) groups excluding carboxylic acids is 1. The van der Waals surface area contributed by atoms with Gasteiger partial charge < -0.3 is 10.6 Å². The van der Waals surface area contributed by atoms with E-state index < -0.39 is 0 Å². The van der Waals surface area contributed by atoms with Gasteiger partial charge in [-0.2, -0.15) is 0 Å². The molecule has 0 aliphatic heterocycles. The number of rotatable bonds is 5. The first-order valence-electron chi connectivity index (χ1n) is 7.16. The second-order valence-corrected chi connectivity index (χ2v) is 5.99. The summed E-state index contributed by atoms with van der Waals surface area (Å²) >= 11 is 3.44. The summed E-state index contributed by atoms with van der Waals surface area (Å²) in [6.07, 6.45) is 2.54. The number of anilines is 2. The smallest absolute Gasteiger partial charge is 0.274 e. The van der Waals surface area contributed by atoms with Crippen molar-refractivity contribution in [3.05, 3.63) is 46.2 Å². The zero-order chi connectivity index (χ0) is 16.1. The Morgan fingerprint density at radius 1 is 1.36 bits per heavy atom. The van der Waals surface area contributed by atoms with Crippen LogP contribution in [0.25, 0.3) is 0 Å². The number of hydrogen-bond acceptors (Lipinski definition) is 4. The van der Waals surface area contributed by atoms with E-state index in [-0.39, 0.29) is 11.9 Å². The predicted octanol–water partition coefficient (Wildman–Crippen LogP) is 4.01. The molecule has 22 heavy (non-hydrogen) atoms. The second-order valence-electron chi connectivity index (χ2n) is 5.14. The molecule has 1 atom stereocenters. The summed E-state index contributed by atoms with van der Waals surface area (Å²) in [6, 6.07) is 7.51. The fourth-order valence-corrected chi connectivity index (χ4v) is 2.04. The molecule has 2 aromatic rings. The third-order valence-corrected chi connectivity index (χ3v) is 4.18. The van der Waals surface area contributed by atoms with Gasteiger partial charge in [0, 0.05) is 22.4 Å². The highest BCUT2D eigenvalue weighted by molar-refractivity contribution is 9.10. The van der Waals surface area contributed by atoms with Gasteiger partial charge >= 0.3 is 0 Å². The Kier molecular flexibility index (Phi) is 5.49. The van der Waals surface area contributed by atoms with Crippen LogP contribution in [0.15, 0.2) is 34.9 Å². The zero-order valence-corrected chi connectivity index (χ0v) is 14.4. The second kappa shape index (κ2) is 7.35. The van der Waals surface area contributed by atoms with Crippen molar-refractivity contribution in [2.24, 2.45) is 0 Å². The van der Waals surface area contributed by atoms with Crippen molar-refractivity contribution in [2.75, 3.05) is 10.6 Å². The first kappa shape index (κ1) is 16.4. The van der Waals surface area contributed by atoms with Crippen LogP contribution in [0, 0.1) is 6.92 Å². The molecule has 0 saturated heterocycles. The molecule has 0 aliphatic carbocycles. The van der Waals surface area contributed by atoms with E-state index in [2.05, 4.69) is 43.5 Å². The molecular formula is C16H19BrN4O. The minimum atomic E-state index is -0.253. The summed E-state index contributed by atoms with van der Waals surface area (Å²) < 4.78 is 1.01. The molecule has 5 nitrogen and oxygen atoms in total. The number of halogens is 1. The quantitative estimate of drug-likeness (QED) is 0.842. The van der Waals surface area contributed by atoms with Gasteiger partial charge in [-0.1, -0.05) is 22.9 Å². The SMILES string of the molecule is CCC(C)Nc1nccc(C(=O)Nc2ccc(Br)c(C)c2)n1. The topological polar surface area (TPSA) is 66.9 Å². The standard InChI is InChI=1S/C16H19BrN4O/c1-4-11(3)19-16-18-8-7-14(21-16)15(22)20-12-5-6-13(17)10(2)9-12/h5-9,11H,4H2,1-3H3,(H,20,22)(H,18,19,21). The number of benzene rings is 1. The predicted molar refractivity (Wildman–Crippen MR) is 92.2 cm³/mol. The fraction of sp³-hybridized carbons (Fsp3) is 0.312. The molecule has 0 bridgehead atoms. The van der Waals surface area contributed by atoms with Crippen LogP contribution >= 0.6 is 15.9 Å². The lowest BCUT2D eigenvalue weighted by atomic mass is 10.2. The van der Waals surface area contributed by atoms with E-state index in [0.717, 1.165) is 22.1 Å². The Morgan fingerprint density at radius 2 is 2.14 bits per heavy atom. The summed E-state index contributed by atoms with van der Waals surface area (Å²) in [5.41, 5.74) is 2.13. The van der Waals surface area contributed by atoms with Gasteiger partial charge in [-0.3, -0.25) is 4.79 Å². The van der Waals surface area contributed by atoms with Gasteiger partial charge in [0.15, 0.2) is 0 Å². The molecule has 0 saturated carbocycles. The van der Waals surface area contributed by atoms with E-state index in [9.17, 15) is 4.79 Å².